The molecule has 4 rings (SSSR count). The molecule has 0 aliphatic rings. The standard InChI is InChI=1S/C23H19N3O2.ClH/c1-28-20-12-10-16(11-13-20)22-24-15-21(26-22)18-8-5-9-19(14-18)25-23(27)17-6-3-2-4-7-17;/h2-15H,1H3,(H,24,26)(H,25,27);1H. The van der Waals surface area contributed by atoms with Crippen LogP contribution in [0.2, 0.25) is 0 Å². The molecule has 4 aromatic rings. The van der Waals surface area contributed by atoms with Crippen LogP contribution in [-0.2, 0) is 0 Å². The molecule has 0 radical (unpaired) electrons. The lowest BCUT2D eigenvalue weighted by molar-refractivity contribution is 0.102. The number of methoxy groups -OCH3 is 1. The average Bonchev–Trinajstić information content (AvgIpc) is 3.25. The number of carbonyl (C=O) groups excluding carboxylic acids is 1. The summed E-state index contributed by atoms with van der Waals surface area (Å²) < 4.78 is 5.19. The summed E-state index contributed by atoms with van der Waals surface area (Å²) in [4.78, 5) is 20.2. The molecule has 0 aliphatic carbocycles. The van der Waals surface area contributed by atoms with Gasteiger partial charge in [0.15, 0.2) is 0 Å². The smallest absolute Gasteiger partial charge is 0.255 e. The van der Waals surface area contributed by atoms with Crippen LogP contribution in [0, 0.1) is 0 Å². The molecule has 0 atom stereocenters. The highest BCUT2D eigenvalue weighted by atomic mass is 35.5. The van der Waals surface area contributed by atoms with E-state index in [4.69, 9.17) is 4.74 Å². The molecule has 0 saturated heterocycles. The summed E-state index contributed by atoms with van der Waals surface area (Å²) in [5.74, 6) is 1.44. The van der Waals surface area contributed by atoms with Crippen LogP contribution in [0.15, 0.2) is 85.1 Å². The monoisotopic (exact) mass is 405 g/mol. The fourth-order valence-electron chi connectivity index (χ4n) is 2.92. The average molecular weight is 406 g/mol. The number of benzene rings is 3. The maximum absolute atomic E-state index is 12.4. The molecule has 5 nitrogen and oxygen atoms in total. The molecular weight excluding hydrogens is 386 g/mol. The van der Waals surface area contributed by atoms with Gasteiger partial charge in [0, 0.05) is 28.6 Å². The number of rotatable bonds is 5. The Labute approximate surface area is 175 Å². The number of hydrogen-bond acceptors (Lipinski definition) is 3. The van der Waals surface area contributed by atoms with Gasteiger partial charge in [-0.3, -0.25) is 4.79 Å². The zero-order valence-electron chi connectivity index (χ0n) is 15.8. The Morgan fingerprint density at radius 2 is 1.69 bits per heavy atom. The van der Waals surface area contributed by atoms with Crippen molar-refractivity contribution in [2.24, 2.45) is 0 Å². The van der Waals surface area contributed by atoms with Crippen LogP contribution in [0.3, 0.4) is 0 Å². The van der Waals surface area contributed by atoms with Crippen LogP contribution in [0.4, 0.5) is 5.69 Å². The van der Waals surface area contributed by atoms with Crippen LogP contribution in [-0.4, -0.2) is 23.0 Å². The highest BCUT2D eigenvalue weighted by Gasteiger charge is 2.09. The Bertz CT molecular complexity index is 1090. The van der Waals surface area contributed by atoms with Gasteiger partial charge in [0.2, 0.25) is 0 Å². The van der Waals surface area contributed by atoms with E-state index in [1.54, 1.807) is 19.2 Å². The van der Waals surface area contributed by atoms with E-state index in [-0.39, 0.29) is 18.3 Å². The van der Waals surface area contributed by atoms with E-state index in [1.165, 1.54) is 0 Å². The lowest BCUT2D eigenvalue weighted by Gasteiger charge is -2.06. The highest BCUT2D eigenvalue weighted by molar-refractivity contribution is 6.04. The summed E-state index contributed by atoms with van der Waals surface area (Å²) in [6.07, 6.45) is 1.86. The van der Waals surface area contributed by atoms with E-state index in [9.17, 15) is 4.79 Å². The van der Waals surface area contributed by atoms with E-state index >= 15 is 0 Å². The Morgan fingerprint density at radius 1 is 0.931 bits per heavy atom. The third kappa shape index (κ3) is 4.65. The number of imidazole rings is 1. The van der Waals surface area contributed by atoms with E-state index in [0.29, 0.717) is 5.56 Å². The first-order chi connectivity index (χ1) is 13.7. The van der Waals surface area contributed by atoms with Gasteiger partial charge < -0.3 is 15.0 Å². The van der Waals surface area contributed by atoms with E-state index in [2.05, 4.69) is 15.3 Å². The number of aromatic nitrogens is 2. The second-order valence-electron chi connectivity index (χ2n) is 6.26. The number of aromatic amines is 1. The van der Waals surface area contributed by atoms with Crippen molar-refractivity contribution in [3.05, 3.63) is 90.6 Å². The van der Waals surface area contributed by atoms with Gasteiger partial charge >= 0.3 is 0 Å². The van der Waals surface area contributed by atoms with Gasteiger partial charge in [0.05, 0.1) is 12.8 Å². The van der Waals surface area contributed by atoms with E-state index in [0.717, 1.165) is 34.1 Å². The van der Waals surface area contributed by atoms with Gasteiger partial charge in [-0.15, -0.1) is 12.4 Å². The van der Waals surface area contributed by atoms with Gasteiger partial charge in [-0.1, -0.05) is 30.3 Å². The Morgan fingerprint density at radius 3 is 2.41 bits per heavy atom. The van der Waals surface area contributed by atoms with Gasteiger partial charge in [-0.05, 0) is 48.5 Å². The first kappa shape index (κ1) is 20.2. The number of hydrogen-bond donors (Lipinski definition) is 2. The van der Waals surface area contributed by atoms with Gasteiger partial charge in [-0.25, -0.2) is 4.98 Å². The number of H-pyrrole nitrogens is 1. The van der Waals surface area contributed by atoms with Crippen molar-refractivity contribution in [2.45, 2.75) is 0 Å². The van der Waals surface area contributed by atoms with Crippen molar-refractivity contribution in [1.82, 2.24) is 9.97 Å². The molecule has 1 heterocycles. The molecule has 0 spiro atoms. The summed E-state index contributed by atoms with van der Waals surface area (Å²) in [5, 5.41) is 2.93. The predicted octanol–water partition coefficient (Wildman–Crippen LogP) is 5.43. The third-order valence-electron chi connectivity index (χ3n) is 4.39. The number of nitrogens with one attached hydrogen (secondary N) is 2. The minimum absolute atomic E-state index is 0. The van der Waals surface area contributed by atoms with Crippen molar-refractivity contribution in [3.8, 4) is 28.4 Å². The predicted molar refractivity (Wildman–Crippen MR) is 118 cm³/mol. The Hall–Kier alpha value is -3.57. The van der Waals surface area contributed by atoms with Crippen molar-refractivity contribution < 1.29 is 9.53 Å². The number of ether oxygens (including phenoxy) is 1. The van der Waals surface area contributed by atoms with Crippen molar-refractivity contribution >= 4 is 24.0 Å². The fourth-order valence-corrected chi connectivity index (χ4v) is 2.92. The molecule has 0 bridgehead atoms. The summed E-state index contributed by atoms with van der Waals surface area (Å²) in [6.45, 7) is 0. The second-order valence-corrected chi connectivity index (χ2v) is 6.26. The van der Waals surface area contributed by atoms with Crippen LogP contribution in [0.1, 0.15) is 10.4 Å². The summed E-state index contributed by atoms with van der Waals surface area (Å²) >= 11 is 0. The summed E-state index contributed by atoms with van der Waals surface area (Å²) in [6, 6.07) is 24.5. The Balaban J connectivity index is 0.00000240. The first-order valence-corrected chi connectivity index (χ1v) is 8.89. The largest absolute Gasteiger partial charge is 0.497 e. The molecule has 29 heavy (non-hydrogen) atoms. The molecule has 146 valence electrons. The molecule has 3 aromatic carbocycles. The summed E-state index contributed by atoms with van der Waals surface area (Å²) in [5.41, 5.74) is 4.04. The number of amides is 1. The van der Waals surface area contributed by atoms with E-state index < -0.39 is 0 Å². The van der Waals surface area contributed by atoms with Crippen LogP contribution >= 0.6 is 12.4 Å². The normalized spacial score (nSPS) is 10.1. The fraction of sp³-hybridized carbons (Fsp3) is 0.0435. The molecule has 0 saturated carbocycles. The molecule has 1 aromatic heterocycles. The maximum atomic E-state index is 12.4. The third-order valence-corrected chi connectivity index (χ3v) is 4.39. The molecule has 0 unspecified atom stereocenters. The maximum Gasteiger partial charge on any atom is 0.255 e. The van der Waals surface area contributed by atoms with Crippen molar-refractivity contribution in [2.75, 3.05) is 12.4 Å². The summed E-state index contributed by atoms with van der Waals surface area (Å²) in [7, 11) is 1.64. The minimum atomic E-state index is -0.140. The van der Waals surface area contributed by atoms with Gasteiger partial charge in [0.1, 0.15) is 11.6 Å². The number of nitrogens with zero attached hydrogens (tertiary/aromatic N) is 1. The number of halogens is 1. The lowest BCUT2D eigenvalue weighted by Crippen LogP contribution is -2.11. The topological polar surface area (TPSA) is 67.0 Å². The molecule has 0 fully saturated rings. The van der Waals surface area contributed by atoms with Gasteiger partial charge in [-0.2, -0.15) is 0 Å². The quantitative estimate of drug-likeness (QED) is 0.465. The van der Waals surface area contributed by atoms with Crippen LogP contribution in [0.5, 0.6) is 5.75 Å². The molecule has 0 aliphatic heterocycles. The van der Waals surface area contributed by atoms with Gasteiger partial charge in [0.25, 0.3) is 5.91 Å². The number of carbonyl (C=O) groups is 1. The van der Waals surface area contributed by atoms with E-state index in [1.807, 2.05) is 72.9 Å². The zero-order valence-corrected chi connectivity index (χ0v) is 16.6. The molecule has 6 heteroatoms. The molecule has 1 amide bonds. The molecular formula is C23H20ClN3O2. The zero-order chi connectivity index (χ0) is 19.3. The first-order valence-electron chi connectivity index (χ1n) is 8.89. The SMILES string of the molecule is COc1ccc(-c2nc(-c3cccc(NC(=O)c4ccccc4)c3)c[nH]2)cc1.Cl. The minimum Gasteiger partial charge on any atom is -0.497 e. The molecule has 2 N–H and O–H groups in total. The Kier molecular flexibility index (Phi) is 6.32. The van der Waals surface area contributed by atoms with Crippen LogP contribution in [0.25, 0.3) is 22.6 Å². The second kappa shape index (κ2) is 9.08. The van der Waals surface area contributed by atoms with Crippen molar-refractivity contribution in [3.63, 3.8) is 0 Å². The highest BCUT2D eigenvalue weighted by Crippen LogP contribution is 2.25. The lowest BCUT2D eigenvalue weighted by atomic mass is 10.1. The van der Waals surface area contributed by atoms with Crippen molar-refractivity contribution in [1.29, 1.82) is 0 Å². The number of anilines is 1. The van der Waals surface area contributed by atoms with Crippen LogP contribution < -0.4 is 10.1 Å².